The third-order valence-corrected chi connectivity index (χ3v) is 5.63. The number of carbonyl (C=O) groups excluding carboxylic acids is 2. The van der Waals surface area contributed by atoms with Crippen molar-refractivity contribution in [2.45, 2.75) is 12.7 Å². The lowest BCUT2D eigenvalue weighted by molar-refractivity contribution is -0.275. The van der Waals surface area contributed by atoms with Gasteiger partial charge in [-0.1, -0.05) is 23.2 Å². The molecule has 4 rings (SSSR count). The van der Waals surface area contributed by atoms with Crippen molar-refractivity contribution in [3.63, 3.8) is 0 Å². The Morgan fingerprint density at radius 1 is 0.617 bits per heavy atom. The first-order valence-electron chi connectivity index (χ1n) is 12.4. The first-order chi connectivity index (χ1) is 22.0. The highest BCUT2D eigenvalue weighted by molar-refractivity contribution is 6.31. The number of phenols is 1. The first kappa shape index (κ1) is 38.3. The zero-order valence-corrected chi connectivity index (χ0v) is 25.3. The molecule has 0 saturated heterocycles. The Kier molecular flexibility index (Phi) is 14.0. The molecule has 47 heavy (non-hydrogen) atoms. The predicted octanol–water partition coefficient (Wildman–Crippen LogP) is 9.44. The second-order valence-electron chi connectivity index (χ2n) is 8.43. The van der Waals surface area contributed by atoms with Gasteiger partial charge >= 0.3 is 12.7 Å². The standard InChI is InChI=1S/C15H10ClF3O4.C8H7F3O3.C7H4ClFO/c1-21-14-7-11(23-15(17,18)19)3-5-13(14)22-12-4-2-10(16)6-9(12)8-20;1-13-7-4-5(2-3-6(7)12)14-8(9,10)11;8-6-1-2-7(9)5(3-6)4-10/h2-8H,1H3;2-4,12H,1H3;1-4H. The molecule has 0 radical (unpaired) electrons. The maximum atomic E-state index is 12.5. The van der Waals surface area contributed by atoms with Crippen molar-refractivity contribution in [2.75, 3.05) is 14.2 Å². The molecule has 252 valence electrons. The monoisotopic (exact) mass is 712 g/mol. The number of ether oxygens (including phenoxy) is 5. The largest absolute Gasteiger partial charge is 0.573 e. The molecule has 0 aliphatic heterocycles. The molecule has 0 amide bonds. The Morgan fingerprint density at radius 3 is 1.57 bits per heavy atom. The number of carbonyl (C=O) groups is 2. The van der Waals surface area contributed by atoms with Gasteiger partial charge in [0.25, 0.3) is 0 Å². The van der Waals surface area contributed by atoms with E-state index in [1.807, 2.05) is 0 Å². The van der Waals surface area contributed by atoms with E-state index in [-0.39, 0.29) is 39.9 Å². The Morgan fingerprint density at radius 2 is 1.09 bits per heavy atom. The fraction of sp³-hybridized carbons (Fsp3) is 0.133. The molecule has 8 nitrogen and oxygen atoms in total. The van der Waals surface area contributed by atoms with Crippen LogP contribution in [0.5, 0.6) is 40.2 Å². The van der Waals surface area contributed by atoms with Gasteiger partial charge < -0.3 is 28.8 Å². The smallest absolute Gasteiger partial charge is 0.504 e. The Bertz CT molecular complexity index is 1660. The summed E-state index contributed by atoms with van der Waals surface area (Å²) in [5.74, 6) is -1.44. The highest BCUT2D eigenvalue weighted by Gasteiger charge is 2.32. The van der Waals surface area contributed by atoms with Gasteiger partial charge in [0.1, 0.15) is 23.1 Å². The number of aldehydes is 2. The molecule has 4 aromatic rings. The van der Waals surface area contributed by atoms with E-state index in [9.17, 15) is 40.3 Å². The summed E-state index contributed by atoms with van der Waals surface area (Å²) in [7, 11) is 2.49. The molecule has 17 heteroatoms. The average molecular weight is 713 g/mol. The molecular formula is C30H21Cl2F7O8. The molecule has 0 aromatic heterocycles. The Hall–Kier alpha value is -4.89. The van der Waals surface area contributed by atoms with E-state index in [0.29, 0.717) is 22.6 Å². The van der Waals surface area contributed by atoms with Crippen molar-refractivity contribution in [1.82, 2.24) is 0 Å². The first-order valence-corrected chi connectivity index (χ1v) is 13.1. The lowest BCUT2D eigenvalue weighted by Gasteiger charge is -2.14. The summed E-state index contributed by atoms with van der Waals surface area (Å²) in [6.07, 6.45) is -8.58. The van der Waals surface area contributed by atoms with Crippen LogP contribution >= 0.6 is 23.2 Å². The third kappa shape index (κ3) is 13.2. The normalized spacial score (nSPS) is 10.7. The summed E-state index contributed by atoms with van der Waals surface area (Å²) in [6, 6.07) is 14.5. The van der Waals surface area contributed by atoms with Crippen LogP contribution < -0.4 is 23.7 Å². The van der Waals surface area contributed by atoms with E-state index in [2.05, 4.69) is 14.2 Å². The van der Waals surface area contributed by atoms with Crippen LogP contribution in [0.15, 0.2) is 72.8 Å². The second-order valence-corrected chi connectivity index (χ2v) is 9.30. The molecular weight excluding hydrogens is 692 g/mol. The van der Waals surface area contributed by atoms with Crippen LogP contribution in [0.4, 0.5) is 30.7 Å². The zero-order chi connectivity index (χ0) is 35.4. The fourth-order valence-corrected chi connectivity index (χ4v) is 3.57. The van der Waals surface area contributed by atoms with Gasteiger partial charge in [0, 0.05) is 22.2 Å². The molecule has 0 aliphatic rings. The minimum absolute atomic E-state index is 0.00694. The summed E-state index contributed by atoms with van der Waals surface area (Å²) in [4.78, 5) is 21.1. The van der Waals surface area contributed by atoms with Gasteiger partial charge in [-0.3, -0.25) is 9.59 Å². The molecule has 0 atom stereocenters. The fourth-order valence-electron chi connectivity index (χ4n) is 3.21. The van der Waals surface area contributed by atoms with E-state index in [4.69, 9.17) is 37.8 Å². The van der Waals surface area contributed by atoms with Gasteiger partial charge in [-0.2, -0.15) is 0 Å². The number of alkyl halides is 6. The maximum absolute atomic E-state index is 12.5. The number of hydrogen-bond acceptors (Lipinski definition) is 8. The zero-order valence-electron chi connectivity index (χ0n) is 23.8. The second kappa shape index (κ2) is 17.1. The Balaban J connectivity index is 0.000000271. The summed E-state index contributed by atoms with van der Waals surface area (Å²) < 4.78 is 107. The van der Waals surface area contributed by atoms with E-state index in [1.54, 1.807) is 0 Å². The predicted molar refractivity (Wildman–Crippen MR) is 155 cm³/mol. The van der Waals surface area contributed by atoms with Gasteiger partial charge in [0.05, 0.1) is 25.3 Å². The molecule has 4 aromatic carbocycles. The lowest BCUT2D eigenvalue weighted by Crippen LogP contribution is -2.17. The van der Waals surface area contributed by atoms with Crippen LogP contribution in [0.1, 0.15) is 20.7 Å². The molecule has 0 saturated carbocycles. The van der Waals surface area contributed by atoms with Gasteiger partial charge in [0.2, 0.25) is 0 Å². The number of hydrogen-bond donors (Lipinski definition) is 1. The highest BCUT2D eigenvalue weighted by Crippen LogP contribution is 2.37. The highest BCUT2D eigenvalue weighted by atomic mass is 35.5. The van der Waals surface area contributed by atoms with Crippen LogP contribution in [-0.2, 0) is 0 Å². The minimum Gasteiger partial charge on any atom is -0.504 e. The topological polar surface area (TPSA) is 101 Å². The maximum Gasteiger partial charge on any atom is 0.573 e. The summed E-state index contributed by atoms with van der Waals surface area (Å²) in [5, 5.41) is 9.78. The van der Waals surface area contributed by atoms with Crippen molar-refractivity contribution in [2.24, 2.45) is 0 Å². The summed E-state index contributed by atoms with van der Waals surface area (Å²) >= 11 is 11.2. The number of phenolic OH excluding ortho intramolecular Hbond substituents is 1. The lowest BCUT2D eigenvalue weighted by atomic mass is 10.2. The van der Waals surface area contributed by atoms with Crippen LogP contribution in [0, 0.1) is 5.82 Å². The van der Waals surface area contributed by atoms with Crippen LogP contribution in [-0.4, -0.2) is 44.6 Å². The minimum atomic E-state index is -4.81. The molecule has 0 spiro atoms. The van der Waals surface area contributed by atoms with Crippen molar-refractivity contribution < 1.29 is 69.1 Å². The number of rotatable bonds is 8. The quantitative estimate of drug-likeness (QED) is 0.142. The number of halogens is 9. The molecule has 0 unspecified atom stereocenters. The molecule has 0 heterocycles. The number of methoxy groups -OCH3 is 2. The van der Waals surface area contributed by atoms with E-state index >= 15 is 0 Å². The number of aromatic hydroxyl groups is 1. The van der Waals surface area contributed by atoms with Gasteiger partial charge in [-0.05, 0) is 60.7 Å². The molecule has 1 N–H and O–H groups in total. The van der Waals surface area contributed by atoms with Crippen molar-refractivity contribution in [1.29, 1.82) is 0 Å². The van der Waals surface area contributed by atoms with Crippen LogP contribution in [0.25, 0.3) is 0 Å². The van der Waals surface area contributed by atoms with Crippen molar-refractivity contribution in [3.05, 3.63) is 99.8 Å². The summed E-state index contributed by atoms with van der Waals surface area (Å²) in [5.41, 5.74) is 0.183. The van der Waals surface area contributed by atoms with Gasteiger partial charge in [0.15, 0.2) is 35.6 Å². The van der Waals surface area contributed by atoms with Gasteiger partial charge in [-0.15, -0.1) is 26.3 Å². The molecule has 0 fully saturated rings. The van der Waals surface area contributed by atoms with Crippen LogP contribution in [0.2, 0.25) is 10.0 Å². The number of benzene rings is 4. The molecule has 0 bridgehead atoms. The van der Waals surface area contributed by atoms with E-state index < -0.39 is 30.0 Å². The Labute approximate surface area is 271 Å². The van der Waals surface area contributed by atoms with Crippen LogP contribution in [0.3, 0.4) is 0 Å². The van der Waals surface area contributed by atoms with Crippen molar-refractivity contribution in [3.8, 4) is 40.2 Å². The van der Waals surface area contributed by atoms with E-state index in [1.165, 1.54) is 50.6 Å². The van der Waals surface area contributed by atoms with E-state index in [0.717, 1.165) is 36.4 Å². The SMILES string of the molecule is COc1cc(OC(F)(F)F)ccc1O.COc1cc(OC(F)(F)F)ccc1Oc1ccc(Cl)cc1C=O.O=Cc1cc(Cl)ccc1F. The van der Waals surface area contributed by atoms with Crippen molar-refractivity contribution >= 4 is 35.8 Å². The third-order valence-electron chi connectivity index (χ3n) is 5.16. The van der Waals surface area contributed by atoms with Gasteiger partial charge in [-0.25, -0.2) is 4.39 Å². The average Bonchev–Trinajstić information content (AvgIpc) is 3.00. The summed E-state index contributed by atoms with van der Waals surface area (Å²) in [6.45, 7) is 0. The molecule has 0 aliphatic carbocycles.